The summed E-state index contributed by atoms with van der Waals surface area (Å²) in [6.07, 6.45) is 1.72. The summed E-state index contributed by atoms with van der Waals surface area (Å²) >= 11 is 0. The normalized spacial score (nSPS) is 10.1. The number of aryl methyl sites for hydroxylation is 2. The zero-order valence-electron chi connectivity index (χ0n) is 10.6. The lowest BCUT2D eigenvalue weighted by atomic mass is 10.1. The first-order valence-electron chi connectivity index (χ1n) is 5.92. The minimum absolute atomic E-state index is 0.0573. The molecule has 0 radical (unpaired) electrons. The van der Waals surface area contributed by atoms with Crippen molar-refractivity contribution in [3.8, 4) is 0 Å². The Bertz CT molecular complexity index is 550. The van der Waals surface area contributed by atoms with Crippen LogP contribution in [0.4, 0.5) is 0 Å². The summed E-state index contributed by atoms with van der Waals surface area (Å²) in [6.45, 7) is 4.41. The smallest absolute Gasteiger partial charge is 0.251 e. The summed E-state index contributed by atoms with van der Waals surface area (Å²) in [6, 6.07) is 11.5. The van der Waals surface area contributed by atoms with Crippen LogP contribution in [0.5, 0.6) is 0 Å². The fourth-order valence-electron chi connectivity index (χ4n) is 1.84. The second-order valence-electron chi connectivity index (χ2n) is 4.32. The number of amides is 1. The highest BCUT2D eigenvalue weighted by Crippen LogP contribution is 2.10. The van der Waals surface area contributed by atoms with Crippen LogP contribution < -0.4 is 5.32 Å². The molecule has 2 aromatic rings. The molecule has 2 rings (SSSR count). The quantitative estimate of drug-likeness (QED) is 0.896. The average molecular weight is 240 g/mol. The molecule has 18 heavy (non-hydrogen) atoms. The van der Waals surface area contributed by atoms with E-state index in [1.54, 1.807) is 6.20 Å². The van der Waals surface area contributed by atoms with Gasteiger partial charge in [-0.25, -0.2) is 0 Å². The van der Waals surface area contributed by atoms with E-state index in [9.17, 15) is 4.79 Å². The standard InChI is InChI=1S/C15H16N2O/c1-11-6-7-14(12(2)9-11)15(18)17-10-13-5-3-4-8-16-13/h3-9H,10H2,1-2H3,(H,17,18). The van der Waals surface area contributed by atoms with E-state index in [0.29, 0.717) is 6.54 Å². The zero-order chi connectivity index (χ0) is 13.0. The predicted octanol–water partition coefficient (Wildman–Crippen LogP) is 2.63. The van der Waals surface area contributed by atoms with Gasteiger partial charge in [0.25, 0.3) is 5.91 Å². The van der Waals surface area contributed by atoms with Gasteiger partial charge < -0.3 is 5.32 Å². The molecule has 3 heteroatoms. The van der Waals surface area contributed by atoms with Gasteiger partial charge in [-0.3, -0.25) is 9.78 Å². The number of nitrogens with one attached hydrogen (secondary N) is 1. The van der Waals surface area contributed by atoms with Gasteiger partial charge >= 0.3 is 0 Å². The highest BCUT2D eigenvalue weighted by Gasteiger charge is 2.08. The van der Waals surface area contributed by atoms with Crippen LogP contribution in [0.15, 0.2) is 42.6 Å². The molecule has 0 atom stereocenters. The number of carbonyl (C=O) groups excluding carboxylic acids is 1. The molecule has 3 nitrogen and oxygen atoms in total. The topological polar surface area (TPSA) is 42.0 Å². The molecule has 1 amide bonds. The van der Waals surface area contributed by atoms with E-state index >= 15 is 0 Å². The summed E-state index contributed by atoms with van der Waals surface area (Å²) < 4.78 is 0. The third kappa shape index (κ3) is 2.94. The van der Waals surface area contributed by atoms with Crippen LogP contribution in [0.25, 0.3) is 0 Å². The Kier molecular flexibility index (Phi) is 3.72. The zero-order valence-corrected chi connectivity index (χ0v) is 10.6. The van der Waals surface area contributed by atoms with E-state index in [1.165, 1.54) is 0 Å². The fourth-order valence-corrected chi connectivity index (χ4v) is 1.84. The van der Waals surface area contributed by atoms with Crippen LogP contribution in [0.3, 0.4) is 0 Å². The minimum atomic E-state index is -0.0573. The van der Waals surface area contributed by atoms with Crippen molar-refractivity contribution >= 4 is 5.91 Å². The van der Waals surface area contributed by atoms with Crippen molar-refractivity contribution in [1.29, 1.82) is 0 Å². The maximum absolute atomic E-state index is 12.0. The highest BCUT2D eigenvalue weighted by atomic mass is 16.1. The Labute approximate surface area is 107 Å². The lowest BCUT2D eigenvalue weighted by Gasteiger charge is -2.08. The molecule has 0 saturated carbocycles. The van der Waals surface area contributed by atoms with E-state index in [4.69, 9.17) is 0 Å². The first-order chi connectivity index (χ1) is 8.66. The minimum Gasteiger partial charge on any atom is -0.346 e. The Balaban J connectivity index is 2.04. The van der Waals surface area contributed by atoms with Crippen molar-refractivity contribution < 1.29 is 4.79 Å². The Morgan fingerprint density at radius 2 is 2.06 bits per heavy atom. The molecule has 0 aliphatic heterocycles. The second kappa shape index (κ2) is 5.45. The number of aromatic nitrogens is 1. The van der Waals surface area contributed by atoms with Crippen molar-refractivity contribution in [1.82, 2.24) is 10.3 Å². The van der Waals surface area contributed by atoms with Crippen molar-refractivity contribution in [2.45, 2.75) is 20.4 Å². The first kappa shape index (κ1) is 12.3. The average Bonchev–Trinajstić information content (AvgIpc) is 2.37. The summed E-state index contributed by atoms with van der Waals surface area (Å²) in [4.78, 5) is 16.2. The van der Waals surface area contributed by atoms with Crippen LogP contribution in [-0.4, -0.2) is 10.9 Å². The van der Waals surface area contributed by atoms with Gasteiger partial charge in [0.05, 0.1) is 12.2 Å². The Hall–Kier alpha value is -2.16. The third-order valence-electron chi connectivity index (χ3n) is 2.78. The molecule has 1 aromatic carbocycles. The van der Waals surface area contributed by atoms with Crippen LogP contribution >= 0.6 is 0 Å². The monoisotopic (exact) mass is 240 g/mol. The van der Waals surface area contributed by atoms with Crippen LogP contribution in [0.2, 0.25) is 0 Å². The predicted molar refractivity (Wildman–Crippen MR) is 71.3 cm³/mol. The number of nitrogens with zero attached hydrogens (tertiary/aromatic N) is 1. The second-order valence-corrected chi connectivity index (χ2v) is 4.32. The summed E-state index contributed by atoms with van der Waals surface area (Å²) in [5.74, 6) is -0.0573. The maximum Gasteiger partial charge on any atom is 0.251 e. The number of benzene rings is 1. The van der Waals surface area contributed by atoms with Gasteiger partial charge in [-0.15, -0.1) is 0 Å². The molecule has 0 unspecified atom stereocenters. The Morgan fingerprint density at radius 1 is 1.22 bits per heavy atom. The Morgan fingerprint density at radius 3 is 2.72 bits per heavy atom. The van der Waals surface area contributed by atoms with Gasteiger partial charge in [-0.05, 0) is 37.6 Å². The van der Waals surface area contributed by atoms with Crippen molar-refractivity contribution in [2.75, 3.05) is 0 Å². The number of pyridine rings is 1. The van der Waals surface area contributed by atoms with Crippen molar-refractivity contribution in [3.63, 3.8) is 0 Å². The van der Waals surface area contributed by atoms with Crippen molar-refractivity contribution in [3.05, 3.63) is 65.0 Å². The van der Waals surface area contributed by atoms with E-state index < -0.39 is 0 Å². The van der Waals surface area contributed by atoms with Crippen LogP contribution in [0, 0.1) is 13.8 Å². The highest BCUT2D eigenvalue weighted by molar-refractivity contribution is 5.95. The lowest BCUT2D eigenvalue weighted by Crippen LogP contribution is -2.24. The summed E-state index contributed by atoms with van der Waals surface area (Å²) in [5, 5.41) is 2.87. The molecule has 92 valence electrons. The van der Waals surface area contributed by atoms with E-state index in [-0.39, 0.29) is 5.91 Å². The van der Waals surface area contributed by atoms with Gasteiger partial charge in [0, 0.05) is 11.8 Å². The lowest BCUT2D eigenvalue weighted by molar-refractivity contribution is 0.0950. The summed E-state index contributed by atoms with van der Waals surface area (Å²) in [5.41, 5.74) is 3.73. The first-order valence-corrected chi connectivity index (χ1v) is 5.92. The van der Waals surface area contributed by atoms with Crippen LogP contribution in [-0.2, 0) is 6.54 Å². The summed E-state index contributed by atoms with van der Waals surface area (Å²) in [7, 11) is 0. The maximum atomic E-state index is 12.0. The van der Waals surface area contributed by atoms with E-state index in [2.05, 4.69) is 10.3 Å². The molecular formula is C15H16N2O. The molecule has 0 aliphatic carbocycles. The molecule has 1 aromatic heterocycles. The number of carbonyl (C=O) groups is 1. The molecule has 0 bridgehead atoms. The van der Waals surface area contributed by atoms with Gasteiger partial charge in [0.15, 0.2) is 0 Å². The molecule has 0 aliphatic rings. The largest absolute Gasteiger partial charge is 0.346 e. The van der Waals surface area contributed by atoms with Crippen LogP contribution in [0.1, 0.15) is 27.2 Å². The van der Waals surface area contributed by atoms with E-state index in [1.807, 2.05) is 50.2 Å². The van der Waals surface area contributed by atoms with Gasteiger partial charge in [0.1, 0.15) is 0 Å². The number of hydrogen-bond donors (Lipinski definition) is 1. The molecule has 1 N–H and O–H groups in total. The SMILES string of the molecule is Cc1ccc(C(=O)NCc2ccccn2)c(C)c1. The van der Waals surface area contributed by atoms with Gasteiger partial charge in [0.2, 0.25) is 0 Å². The molecule has 0 fully saturated rings. The van der Waals surface area contributed by atoms with Crippen molar-refractivity contribution in [2.24, 2.45) is 0 Å². The molecular weight excluding hydrogens is 224 g/mol. The molecule has 0 saturated heterocycles. The molecule has 0 spiro atoms. The van der Waals surface area contributed by atoms with Gasteiger partial charge in [-0.1, -0.05) is 23.8 Å². The molecule has 1 heterocycles. The number of hydrogen-bond acceptors (Lipinski definition) is 2. The third-order valence-corrected chi connectivity index (χ3v) is 2.78. The van der Waals surface area contributed by atoms with E-state index in [0.717, 1.165) is 22.4 Å². The fraction of sp³-hybridized carbons (Fsp3) is 0.200. The van der Waals surface area contributed by atoms with Gasteiger partial charge in [-0.2, -0.15) is 0 Å². The number of rotatable bonds is 3.